The Kier molecular flexibility index (Phi) is 8.43. The van der Waals surface area contributed by atoms with E-state index in [4.69, 9.17) is 9.47 Å². The number of hydrogen-bond acceptors (Lipinski definition) is 9. The first-order valence-corrected chi connectivity index (χ1v) is 7.86. The summed E-state index contributed by atoms with van der Waals surface area (Å²) in [5, 5.41) is 17.4. The highest BCUT2D eigenvalue weighted by Crippen LogP contribution is 2.22. The second kappa shape index (κ2) is 10.3. The van der Waals surface area contributed by atoms with Gasteiger partial charge in [0, 0.05) is 24.1 Å². The molecule has 1 heterocycles. The van der Waals surface area contributed by atoms with Crippen molar-refractivity contribution in [1.82, 2.24) is 14.8 Å². The first-order chi connectivity index (χ1) is 12.3. The van der Waals surface area contributed by atoms with Crippen molar-refractivity contribution in [2.45, 2.75) is 32.9 Å². The number of methoxy groups -OCH3 is 1. The van der Waals surface area contributed by atoms with Crippen molar-refractivity contribution >= 4 is 17.9 Å². The normalized spacial score (nSPS) is 12.6. The molecule has 10 heteroatoms. The molecule has 0 spiro atoms. The van der Waals surface area contributed by atoms with Crippen molar-refractivity contribution in [3.8, 4) is 0 Å². The van der Waals surface area contributed by atoms with E-state index in [-0.39, 0.29) is 13.2 Å². The number of ether oxygens (including phenoxy) is 3. The number of carbonyl (C=O) groups excluding carboxylic acids is 3. The molecule has 10 nitrogen and oxygen atoms in total. The number of rotatable bonds is 10. The van der Waals surface area contributed by atoms with E-state index in [0.717, 1.165) is 12.2 Å². The summed E-state index contributed by atoms with van der Waals surface area (Å²) in [5.41, 5.74) is -1.07. The van der Waals surface area contributed by atoms with Crippen LogP contribution in [0.2, 0.25) is 0 Å². The molecule has 1 aromatic heterocycles. The molecule has 0 aliphatic rings. The minimum absolute atomic E-state index is 0.117. The Morgan fingerprint density at radius 3 is 2.38 bits per heavy atom. The molecule has 0 aromatic carbocycles. The molecule has 0 amide bonds. The maximum absolute atomic E-state index is 11.9. The van der Waals surface area contributed by atoms with Crippen molar-refractivity contribution in [2.75, 3.05) is 20.3 Å². The Bertz CT molecular complexity index is 626. The van der Waals surface area contributed by atoms with Crippen LogP contribution in [0.3, 0.4) is 0 Å². The van der Waals surface area contributed by atoms with Gasteiger partial charge in [-0.3, -0.25) is 0 Å². The third-order valence-electron chi connectivity index (χ3n) is 3.38. The summed E-state index contributed by atoms with van der Waals surface area (Å²) >= 11 is 0. The maximum atomic E-state index is 11.9. The average molecular weight is 369 g/mol. The molecule has 0 fully saturated rings. The second-order valence-electron chi connectivity index (χ2n) is 6.08. The van der Waals surface area contributed by atoms with E-state index >= 15 is 0 Å². The SMILES string of the molecule is COC(=O)/C=C/C(=O)OCC(C)(C)[C@@H](O)C(=O)OCCCn1cnnc1. The quantitative estimate of drug-likeness (QED) is 0.259. The zero-order valence-electron chi connectivity index (χ0n) is 15.0. The highest BCUT2D eigenvalue weighted by molar-refractivity contribution is 5.91. The van der Waals surface area contributed by atoms with Gasteiger partial charge in [-0.05, 0) is 6.42 Å². The van der Waals surface area contributed by atoms with Gasteiger partial charge in [-0.2, -0.15) is 0 Å². The van der Waals surface area contributed by atoms with Gasteiger partial charge >= 0.3 is 17.9 Å². The first-order valence-electron chi connectivity index (χ1n) is 7.86. The minimum atomic E-state index is -1.48. The lowest BCUT2D eigenvalue weighted by atomic mass is 9.87. The largest absolute Gasteiger partial charge is 0.466 e. The third-order valence-corrected chi connectivity index (χ3v) is 3.38. The molecular weight excluding hydrogens is 346 g/mol. The van der Waals surface area contributed by atoms with Gasteiger partial charge in [0.05, 0.1) is 20.3 Å². The van der Waals surface area contributed by atoms with Crippen LogP contribution in [0.15, 0.2) is 24.8 Å². The molecular formula is C16H23N3O7. The van der Waals surface area contributed by atoms with Gasteiger partial charge in [0.2, 0.25) is 0 Å². The average Bonchev–Trinajstić information content (AvgIpc) is 3.14. The second-order valence-corrected chi connectivity index (χ2v) is 6.08. The van der Waals surface area contributed by atoms with Crippen molar-refractivity contribution in [3.05, 3.63) is 24.8 Å². The van der Waals surface area contributed by atoms with E-state index in [9.17, 15) is 19.5 Å². The summed E-state index contributed by atoms with van der Waals surface area (Å²) in [5.74, 6) is -2.30. The fourth-order valence-corrected chi connectivity index (χ4v) is 1.74. The maximum Gasteiger partial charge on any atom is 0.335 e. The van der Waals surface area contributed by atoms with Gasteiger partial charge in [-0.15, -0.1) is 10.2 Å². The summed E-state index contributed by atoms with van der Waals surface area (Å²) < 4.78 is 16.0. The molecule has 1 rings (SSSR count). The van der Waals surface area contributed by atoms with E-state index in [0.29, 0.717) is 13.0 Å². The van der Waals surface area contributed by atoms with Gasteiger partial charge in [0.15, 0.2) is 6.10 Å². The number of esters is 3. The third kappa shape index (κ3) is 7.43. The molecule has 1 N–H and O–H groups in total. The molecule has 0 saturated heterocycles. The van der Waals surface area contributed by atoms with Crippen LogP contribution in [0.5, 0.6) is 0 Å². The number of nitrogens with zero attached hydrogens (tertiary/aromatic N) is 3. The van der Waals surface area contributed by atoms with E-state index in [1.807, 2.05) is 0 Å². The van der Waals surface area contributed by atoms with Crippen LogP contribution in [0.25, 0.3) is 0 Å². The number of aryl methyl sites for hydroxylation is 1. The summed E-state index contributed by atoms with van der Waals surface area (Å²) in [6.45, 7) is 3.55. The summed E-state index contributed by atoms with van der Waals surface area (Å²) in [7, 11) is 1.18. The standard InChI is InChI=1S/C16H23N3O7/c1-16(2,9-26-13(21)6-5-12(20)24-3)14(22)15(23)25-8-4-7-19-10-17-18-11-19/h5-6,10-11,14,22H,4,7-9H2,1-3H3/b6-5+/t14-/m0/s1. The van der Waals surface area contributed by atoms with Crippen molar-refractivity contribution < 1.29 is 33.7 Å². The first kappa shape index (κ1) is 21.3. The molecule has 0 unspecified atom stereocenters. The lowest BCUT2D eigenvalue weighted by molar-refractivity contribution is -0.165. The zero-order chi connectivity index (χ0) is 19.6. The van der Waals surface area contributed by atoms with Crippen LogP contribution in [-0.2, 0) is 35.1 Å². The number of aromatic nitrogens is 3. The molecule has 26 heavy (non-hydrogen) atoms. The van der Waals surface area contributed by atoms with Crippen LogP contribution in [0.1, 0.15) is 20.3 Å². The van der Waals surface area contributed by atoms with E-state index < -0.39 is 29.4 Å². The summed E-state index contributed by atoms with van der Waals surface area (Å²) in [6.07, 6.45) is 3.96. The zero-order valence-corrected chi connectivity index (χ0v) is 15.0. The van der Waals surface area contributed by atoms with Gasteiger partial charge < -0.3 is 23.9 Å². The topological polar surface area (TPSA) is 130 Å². The van der Waals surface area contributed by atoms with Crippen molar-refractivity contribution in [3.63, 3.8) is 0 Å². The van der Waals surface area contributed by atoms with E-state index in [2.05, 4.69) is 14.9 Å². The van der Waals surface area contributed by atoms with Crippen LogP contribution >= 0.6 is 0 Å². The molecule has 1 atom stereocenters. The molecule has 0 saturated carbocycles. The molecule has 144 valence electrons. The van der Waals surface area contributed by atoms with Gasteiger partial charge in [0.25, 0.3) is 0 Å². The number of hydrogen-bond donors (Lipinski definition) is 1. The Labute approximate surface area is 150 Å². The summed E-state index contributed by atoms with van der Waals surface area (Å²) in [4.78, 5) is 34.3. The number of aliphatic hydroxyl groups excluding tert-OH is 1. The van der Waals surface area contributed by atoms with Crippen LogP contribution in [0.4, 0.5) is 0 Å². The smallest absolute Gasteiger partial charge is 0.335 e. The fraction of sp³-hybridized carbons (Fsp3) is 0.562. The Hall–Kier alpha value is -2.75. The Morgan fingerprint density at radius 2 is 1.77 bits per heavy atom. The number of aliphatic hydroxyl groups is 1. The lowest BCUT2D eigenvalue weighted by Crippen LogP contribution is -2.41. The minimum Gasteiger partial charge on any atom is -0.466 e. The van der Waals surface area contributed by atoms with Crippen molar-refractivity contribution in [1.29, 1.82) is 0 Å². The number of carbonyl (C=O) groups is 3. The van der Waals surface area contributed by atoms with E-state index in [1.165, 1.54) is 7.11 Å². The predicted octanol–water partition coefficient (Wildman–Crippen LogP) is -0.129. The summed E-state index contributed by atoms with van der Waals surface area (Å²) in [6, 6.07) is 0. The highest BCUT2D eigenvalue weighted by atomic mass is 16.6. The van der Waals surface area contributed by atoms with Crippen LogP contribution < -0.4 is 0 Å². The highest BCUT2D eigenvalue weighted by Gasteiger charge is 2.36. The molecule has 1 aromatic rings. The van der Waals surface area contributed by atoms with Crippen LogP contribution in [0, 0.1) is 5.41 Å². The Morgan fingerprint density at radius 1 is 1.15 bits per heavy atom. The lowest BCUT2D eigenvalue weighted by Gasteiger charge is -2.28. The fourth-order valence-electron chi connectivity index (χ4n) is 1.74. The molecule has 0 bridgehead atoms. The molecule has 0 aliphatic heterocycles. The van der Waals surface area contributed by atoms with Gasteiger partial charge in [0.1, 0.15) is 12.7 Å². The predicted molar refractivity (Wildman–Crippen MR) is 87.5 cm³/mol. The molecule has 0 aliphatic carbocycles. The molecule has 0 radical (unpaired) electrons. The van der Waals surface area contributed by atoms with Crippen molar-refractivity contribution in [2.24, 2.45) is 5.41 Å². The van der Waals surface area contributed by atoms with Gasteiger partial charge in [-0.25, -0.2) is 14.4 Å². The van der Waals surface area contributed by atoms with Gasteiger partial charge in [-0.1, -0.05) is 13.8 Å². The monoisotopic (exact) mass is 369 g/mol. The Balaban J connectivity index is 2.36. The van der Waals surface area contributed by atoms with Crippen LogP contribution in [-0.4, -0.2) is 64.2 Å². The van der Waals surface area contributed by atoms with E-state index in [1.54, 1.807) is 31.1 Å².